The van der Waals surface area contributed by atoms with Gasteiger partial charge in [-0.1, -0.05) is 30.3 Å². The van der Waals surface area contributed by atoms with Crippen LogP contribution in [0.25, 0.3) is 17.4 Å². The number of thiocarbonyl (C=S) groups is 1. The Balaban J connectivity index is 1.87. The summed E-state index contributed by atoms with van der Waals surface area (Å²) < 4.78 is 11.0. The van der Waals surface area contributed by atoms with Gasteiger partial charge in [0.2, 0.25) is 0 Å². The first-order valence-electron chi connectivity index (χ1n) is 6.59. The summed E-state index contributed by atoms with van der Waals surface area (Å²) in [5, 5.41) is 0.184. The standard InChI is InChI=1S/C16H13NO3S/c1-2-17-15(18)14(20-16(17)21)10-12-8-9-13(19-12)11-6-4-3-5-7-11/h3-10H,2H2,1H3/b14-10-. The third-order valence-electron chi connectivity index (χ3n) is 3.15. The number of amides is 1. The van der Waals surface area contributed by atoms with E-state index in [4.69, 9.17) is 21.4 Å². The highest BCUT2D eigenvalue weighted by molar-refractivity contribution is 7.80. The van der Waals surface area contributed by atoms with Gasteiger partial charge in [-0.2, -0.15) is 0 Å². The minimum Gasteiger partial charge on any atom is -0.457 e. The van der Waals surface area contributed by atoms with Gasteiger partial charge in [-0.25, -0.2) is 0 Å². The highest BCUT2D eigenvalue weighted by Crippen LogP contribution is 2.25. The van der Waals surface area contributed by atoms with Crippen LogP contribution in [0.15, 0.2) is 52.6 Å². The number of benzene rings is 1. The van der Waals surface area contributed by atoms with Crippen LogP contribution < -0.4 is 0 Å². The van der Waals surface area contributed by atoms with E-state index < -0.39 is 0 Å². The maximum atomic E-state index is 12.0. The molecule has 21 heavy (non-hydrogen) atoms. The molecule has 1 aromatic heterocycles. The smallest absolute Gasteiger partial charge is 0.297 e. The van der Waals surface area contributed by atoms with Crippen molar-refractivity contribution < 1.29 is 13.9 Å². The Morgan fingerprint density at radius 3 is 2.62 bits per heavy atom. The highest BCUT2D eigenvalue weighted by atomic mass is 32.1. The molecule has 2 aromatic rings. The molecule has 2 heterocycles. The summed E-state index contributed by atoms with van der Waals surface area (Å²) >= 11 is 5.00. The number of rotatable bonds is 3. The Hall–Kier alpha value is -2.40. The van der Waals surface area contributed by atoms with Gasteiger partial charge < -0.3 is 9.15 Å². The molecule has 1 aromatic carbocycles. The second kappa shape index (κ2) is 5.54. The quantitative estimate of drug-likeness (QED) is 0.643. The predicted molar refractivity (Wildman–Crippen MR) is 83.2 cm³/mol. The van der Waals surface area contributed by atoms with Crippen molar-refractivity contribution in [2.45, 2.75) is 6.92 Å². The van der Waals surface area contributed by atoms with Crippen molar-refractivity contribution in [3.63, 3.8) is 0 Å². The molecule has 106 valence electrons. The predicted octanol–water partition coefficient (Wildman–Crippen LogP) is 3.45. The van der Waals surface area contributed by atoms with Crippen molar-refractivity contribution >= 4 is 29.4 Å². The van der Waals surface area contributed by atoms with Crippen molar-refractivity contribution in [1.29, 1.82) is 0 Å². The molecule has 0 aliphatic carbocycles. The Morgan fingerprint density at radius 1 is 1.19 bits per heavy atom. The van der Waals surface area contributed by atoms with Gasteiger partial charge in [-0.05, 0) is 31.3 Å². The van der Waals surface area contributed by atoms with Crippen LogP contribution in [0.5, 0.6) is 0 Å². The number of hydrogen-bond donors (Lipinski definition) is 0. The Bertz CT molecular complexity index is 718. The fourth-order valence-electron chi connectivity index (χ4n) is 2.09. The SMILES string of the molecule is CCN1C(=O)/C(=C/c2ccc(-c3ccccc3)o2)OC1=S. The number of furan rings is 1. The fourth-order valence-corrected chi connectivity index (χ4v) is 2.39. The molecule has 1 aliphatic rings. The van der Waals surface area contributed by atoms with Gasteiger partial charge >= 0.3 is 0 Å². The van der Waals surface area contributed by atoms with Crippen molar-refractivity contribution in [2.24, 2.45) is 0 Å². The molecule has 0 N–H and O–H groups in total. The average molecular weight is 299 g/mol. The van der Waals surface area contributed by atoms with E-state index in [1.54, 1.807) is 12.1 Å². The molecular weight excluding hydrogens is 286 g/mol. The molecule has 1 saturated heterocycles. The molecule has 0 bridgehead atoms. The number of ether oxygens (including phenoxy) is 1. The van der Waals surface area contributed by atoms with Crippen LogP contribution in [-0.2, 0) is 9.53 Å². The van der Waals surface area contributed by atoms with E-state index in [-0.39, 0.29) is 16.8 Å². The van der Waals surface area contributed by atoms with E-state index in [9.17, 15) is 4.79 Å². The second-order valence-electron chi connectivity index (χ2n) is 4.49. The molecule has 1 fully saturated rings. The van der Waals surface area contributed by atoms with E-state index in [1.165, 1.54) is 4.90 Å². The van der Waals surface area contributed by atoms with E-state index in [2.05, 4.69) is 0 Å². The zero-order chi connectivity index (χ0) is 14.8. The Labute approximate surface area is 127 Å². The largest absolute Gasteiger partial charge is 0.457 e. The molecule has 0 atom stereocenters. The van der Waals surface area contributed by atoms with Gasteiger partial charge in [-0.15, -0.1) is 0 Å². The summed E-state index contributed by atoms with van der Waals surface area (Å²) in [4.78, 5) is 13.4. The van der Waals surface area contributed by atoms with Crippen LogP contribution in [0.3, 0.4) is 0 Å². The van der Waals surface area contributed by atoms with Crippen LogP contribution >= 0.6 is 12.2 Å². The number of hydrogen-bond acceptors (Lipinski definition) is 4. The zero-order valence-corrected chi connectivity index (χ0v) is 12.2. The van der Waals surface area contributed by atoms with Crippen molar-refractivity contribution in [2.75, 3.05) is 6.54 Å². The van der Waals surface area contributed by atoms with Crippen molar-refractivity contribution in [1.82, 2.24) is 4.90 Å². The van der Waals surface area contributed by atoms with Gasteiger partial charge in [0.15, 0.2) is 5.76 Å². The van der Waals surface area contributed by atoms with Crippen LogP contribution in [0.2, 0.25) is 0 Å². The van der Waals surface area contributed by atoms with E-state index >= 15 is 0 Å². The van der Waals surface area contributed by atoms with Crippen molar-refractivity contribution in [3.05, 3.63) is 54.0 Å². The van der Waals surface area contributed by atoms with Crippen LogP contribution in [-0.4, -0.2) is 22.5 Å². The lowest BCUT2D eigenvalue weighted by Gasteiger charge is -2.06. The highest BCUT2D eigenvalue weighted by Gasteiger charge is 2.32. The lowest BCUT2D eigenvalue weighted by molar-refractivity contribution is -0.122. The van der Waals surface area contributed by atoms with E-state index in [1.807, 2.05) is 43.3 Å². The number of likely N-dealkylation sites (N-methyl/N-ethyl adjacent to an activating group) is 1. The Kier molecular flexibility index (Phi) is 3.58. The van der Waals surface area contributed by atoms with Crippen LogP contribution in [0, 0.1) is 0 Å². The molecule has 1 aliphatic heterocycles. The monoisotopic (exact) mass is 299 g/mol. The number of nitrogens with zero attached hydrogens (tertiary/aromatic N) is 1. The molecule has 0 radical (unpaired) electrons. The average Bonchev–Trinajstić information content (AvgIpc) is 3.06. The molecule has 5 heteroatoms. The summed E-state index contributed by atoms with van der Waals surface area (Å²) in [5.41, 5.74) is 0.978. The second-order valence-corrected chi connectivity index (χ2v) is 4.84. The van der Waals surface area contributed by atoms with Gasteiger partial charge in [-0.3, -0.25) is 9.69 Å². The van der Waals surface area contributed by atoms with Gasteiger partial charge in [0.25, 0.3) is 11.1 Å². The lowest BCUT2D eigenvalue weighted by Crippen LogP contribution is -2.27. The molecule has 1 amide bonds. The van der Waals surface area contributed by atoms with E-state index in [0.29, 0.717) is 12.3 Å². The van der Waals surface area contributed by atoms with Gasteiger partial charge in [0, 0.05) is 18.2 Å². The maximum Gasteiger partial charge on any atom is 0.297 e. The molecular formula is C16H13NO3S. The molecule has 0 saturated carbocycles. The minimum atomic E-state index is -0.236. The van der Waals surface area contributed by atoms with Gasteiger partial charge in [0.1, 0.15) is 11.5 Å². The molecule has 0 unspecified atom stereocenters. The van der Waals surface area contributed by atoms with Crippen LogP contribution in [0.4, 0.5) is 0 Å². The normalized spacial score (nSPS) is 16.6. The topological polar surface area (TPSA) is 42.7 Å². The molecule has 3 rings (SSSR count). The van der Waals surface area contributed by atoms with Gasteiger partial charge in [0.05, 0.1) is 0 Å². The molecule has 4 nitrogen and oxygen atoms in total. The summed E-state index contributed by atoms with van der Waals surface area (Å²) in [5.74, 6) is 1.25. The molecule has 0 spiro atoms. The first-order chi connectivity index (χ1) is 10.2. The first kappa shape index (κ1) is 13.6. The summed E-state index contributed by atoms with van der Waals surface area (Å²) in [6.45, 7) is 2.33. The van der Waals surface area contributed by atoms with E-state index in [0.717, 1.165) is 11.3 Å². The number of carbonyl (C=O) groups excluding carboxylic acids is 1. The number of carbonyl (C=O) groups is 1. The maximum absolute atomic E-state index is 12.0. The summed E-state index contributed by atoms with van der Waals surface area (Å²) in [7, 11) is 0. The summed E-state index contributed by atoms with van der Waals surface area (Å²) in [6, 6.07) is 13.4. The minimum absolute atomic E-state index is 0.184. The van der Waals surface area contributed by atoms with Crippen LogP contribution in [0.1, 0.15) is 12.7 Å². The first-order valence-corrected chi connectivity index (χ1v) is 7.00. The zero-order valence-electron chi connectivity index (χ0n) is 11.4. The van der Waals surface area contributed by atoms with Crippen molar-refractivity contribution in [3.8, 4) is 11.3 Å². The third-order valence-corrected chi connectivity index (χ3v) is 3.45. The lowest BCUT2D eigenvalue weighted by atomic mass is 10.2. The fraction of sp³-hybridized carbons (Fsp3) is 0.125. The Morgan fingerprint density at radius 2 is 1.95 bits per heavy atom. The third kappa shape index (κ3) is 2.60. The summed E-state index contributed by atoms with van der Waals surface area (Å²) in [6.07, 6.45) is 1.57.